The van der Waals surface area contributed by atoms with Crippen molar-refractivity contribution in [3.8, 4) is 11.8 Å². The van der Waals surface area contributed by atoms with Crippen LogP contribution in [0.25, 0.3) is 0 Å². The number of fused-ring (bicyclic) bond motifs is 3. The molecule has 9 heteroatoms. The third kappa shape index (κ3) is 6.15. The number of epoxide rings is 1. The highest BCUT2D eigenvalue weighted by molar-refractivity contribution is 5.95. The maximum Gasteiger partial charge on any atom is 0.159 e. The summed E-state index contributed by atoms with van der Waals surface area (Å²) in [4.78, 5) is 15.2. The number of nitrogens with one attached hydrogen (secondary N) is 1. The SMILES string of the molecule is C[C@H]1CCO[C@]([C@H]2CC[C@@]3(O)C4=CC(=O)[C@@H]5C[C@@H](O)C[C@]67[C@H]8C#CCc9ccccc9CC[C@H](C[C@]23C)[C@@H]4[C@]56CC=C[C@H]7CC8)([C@H]2O[C@@H]2[C@](C)(O)[C@](C)(CO)CCC2=CCNC(N)=C2)C1. The van der Waals surface area contributed by atoms with Gasteiger partial charge in [0.25, 0.3) is 0 Å². The van der Waals surface area contributed by atoms with Crippen molar-refractivity contribution in [1.82, 2.24) is 5.32 Å². The smallest absolute Gasteiger partial charge is 0.159 e. The Kier molecular flexibility index (Phi) is 10.5. The van der Waals surface area contributed by atoms with E-state index >= 15 is 4.79 Å². The van der Waals surface area contributed by atoms with Crippen LogP contribution in [0, 0.1) is 74.9 Å². The monoisotopic (exact) mass is 887 g/mol. The number of nitrogens with two attached hydrogens (primary N) is 1. The third-order valence-corrected chi connectivity index (χ3v) is 20.9. The Morgan fingerprint density at radius 2 is 1.85 bits per heavy atom. The fourth-order valence-electron chi connectivity index (χ4n) is 17.5. The molecule has 1 aromatic rings. The highest BCUT2D eigenvalue weighted by Crippen LogP contribution is 2.79. The summed E-state index contributed by atoms with van der Waals surface area (Å²) in [5.41, 5.74) is 4.94. The standard InChI is InChI=1S/C56H74N2O7/c1-34-21-26-64-55(30-34,49-48(65-49)52(4,62)50(2,33-59)23-18-35-20-25-58-46(57)27-35)45-19-24-56(63)43-29-44(61)42-28-41(60)32-54-39-12-7-11-36-9-5-6-10-37(36)14-15-38(31-51(45,56)3)47(43)53(42,54)22-8-13-40(54)17-16-39/h5-6,8-10,13,20,27,29,34,38-42,45,47-49,58-60,62-63H,11,14-19,21-26,28,30-33,57H2,1-4H3/t34-,38+,39-,40-,41+,42-,45-,47-,48-,49-,50-,51+,52-,53-,54+,55+,56+/m0/s1. The lowest BCUT2D eigenvalue weighted by Crippen LogP contribution is -2.70. The molecular formula is C56H74N2O7. The lowest BCUT2D eigenvalue weighted by Gasteiger charge is -2.71. The molecule has 0 bridgehead atoms. The van der Waals surface area contributed by atoms with Gasteiger partial charge in [0.1, 0.15) is 17.8 Å². The first-order chi connectivity index (χ1) is 31.1. The zero-order valence-electron chi connectivity index (χ0n) is 39.3. The van der Waals surface area contributed by atoms with Gasteiger partial charge >= 0.3 is 0 Å². The fourth-order valence-corrected chi connectivity index (χ4v) is 17.5. The van der Waals surface area contributed by atoms with Crippen molar-refractivity contribution < 1.29 is 34.7 Å². The van der Waals surface area contributed by atoms with Gasteiger partial charge in [-0.1, -0.05) is 75.1 Å². The lowest BCUT2D eigenvalue weighted by atomic mass is 9.33. The van der Waals surface area contributed by atoms with Crippen molar-refractivity contribution in [3.05, 3.63) is 82.7 Å². The number of aryl methyl sites for hydroxylation is 1. The molecule has 4 saturated carbocycles. The number of hydrogen-bond acceptors (Lipinski definition) is 9. The van der Waals surface area contributed by atoms with Gasteiger partial charge in [0.15, 0.2) is 5.78 Å². The number of allylic oxidation sites excluding steroid dienone is 5. The van der Waals surface area contributed by atoms with E-state index in [1.165, 1.54) is 11.1 Å². The average Bonchev–Trinajstić information content (AvgIpc) is 3.97. The van der Waals surface area contributed by atoms with Crippen molar-refractivity contribution >= 4 is 5.78 Å². The predicted octanol–water partition coefficient (Wildman–Crippen LogP) is 7.01. The van der Waals surface area contributed by atoms with Gasteiger partial charge in [-0.25, -0.2) is 0 Å². The van der Waals surface area contributed by atoms with E-state index < -0.39 is 51.4 Å². The van der Waals surface area contributed by atoms with Crippen molar-refractivity contribution in [2.24, 2.45) is 68.8 Å². The van der Waals surface area contributed by atoms with Crippen molar-refractivity contribution in [3.63, 3.8) is 0 Å². The molecule has 65 heavy (non-hydrogen) atoms. The van der Waals surface area contributed by atoms with Crippen molar-refractivity contribution in [2.75, 3.05) is 19.8 Å². The number of dihydropyridines is 1. The summed E-state index contributed by atoms with van der Waals surface area (Å²) in [7, 11) is 0. The van der Waals surface area contributed by atoms with Crippen LogP contribution in [0.15, 0.2) is 71.6 Å². The lowest BCUT2D eigenvalue weighted by molar-refractivity contribution is -0.223. The van der Waals surface area contributed by atoms with Gasteiger partial charge < -0.3 is 41.0 Å². The Balaban J connectivity index is 1.01. The number of hydrogen-bond donors (Lipinski definition) is 6. The highest BCUT2D eigenvalue weighted by Gasteiger charge is 2.79. The van der Waals surface area contributed by atoms with E-state index in [2.05, 4.69) is 73.5 Å². The van der Waals surface area contributed by atoms with E-state index in [9.17, 15) is 20.4 Å². The van der Waals surface area contributed by atoms with Crippen LogP contribution >= 0.6 is 0 Å². The molecule has 2 spiro atoms. The maximum atomic E-state index is 15.2. The van der Waals surface area contributed by atoms with Crippen LogP contribution in [0.3, 0.4) is 0 Å². The van der Waals surface area contributed by atoms with Crippen LogP contribution in [-0.2, 0) is 27.1 Å². The number of benzene rings is 1. The second-order valence-electron chi connectivity index (χ2n) is 23.7. The van der Waals surface area contributed by atoms with Crippen LogP contribution in [-0.4, -0.2) is 81.1 Å². The molecule has 0 amide bonds. The number of ketones is 1. The van der Waals surface area contributed by atoms with E-state index in [0.717, 1.165) is 62.5 Å². The first-order valence-corrected chi connectivity index (χ1v) is 25.5. The van der Waals surface area contributed by atoms with E-state index in [-0.39, 0.29) is 53.3 Å². The topological polar surface area (TPSA) is 158 Å². The molecule has 0 unspecified atom stereocenters. The normalized spacial score (nSPS) is 46.6. The summed E-state index contributed by atoms with van der Waals surface area (Å²) in [6.45, 7) is 9.45. The molecule has 0 radical (unpaired) electrons. The second kappa shape index (κ2) is 15.4. The summed E-state index contributed by atoms with van der Waals surface area (Å²) in [6, 6.07) is 8.80. The minimum atomic E-state index is -1.39. The molecule has 7 N–H and O–H groups in total. The Morgan fingerprint density at radius 3 is 2.63 bits per heavy atom. The number of carbonyl (C=O) groups is 1. The number of carbonyl (C=O) groups excluding carboxylic acids is 1. The molecule has 0 aromatic heterocycles. The van der Waals surface area contributed by atoms with Gasteiger partial charge in [0, 0.05) is 42.2 Å². The summed E-state index contributed by atoms with van der Waals surface area (Å²) in [5.74, 6) is 8.57. The molecule has 10 aliphatic rings. The molecule has 350 valence electrons. The molecule has 9 nitrogen and oxygen atoms in total. The van der Waals surface area contributed by atoms with Gasteiger partial charge in [-0.2, -0.15) is 0 Å². The first-order valence-electron chi connectivity index (χ1n) is 25.5. The van der Waals surface area contributed by atoms with E-state index in [1.807, 2.05) is 26.0 Å². The van der Waals surface area contributed by atoms with E-state index in [4.69, 9.17) is 15.2 Å². The van der Waals surface area contributed by atoms with Gasteiger partial charge in [0.05, 0.1) is 29.7 Å². The average molecular weight is 887 g/mol. The van der Waals surface area contributed by atoms with E-state index in [1.54, 1.807) is 0 Å². The summed E-state index contributed by atoms with van der Waals surface area (Å²) >= 11 is 0. The molecule has 2 saturated heterocycles. The zero-order chi connectivity index (χ0) is 45.4. The molecule has 17 atom stereocenters. The molecular weight excluding hydrogens is 813 g/mol. The Bertz CT molecular complexity index is 2310. The highest BCUT2D eigenvalue weighted by atomic mass is 16.6. The molecule has 6 fully saturated rings. The minimum absolute atomic E-state index is 0.0331. The Morgan fingerprint density at radius 1 is 1.03 bits per heavy atom. The van der Waals surface area contributed by atoms with Crippen LogP contribution in [0.2, 0.25) is 0 Å². The van der Waals surface area contributed by atoms with Crippen molar-refractivity contribution in [2.45, 2.75) is 159 Å². The Hall–Kier alpha value is -3.23. The van der Waals surface area contributed by atoms with Gasteiger partial charge in [-0.05, 0) is 172 Å². The van der Waals surface area contributed by atoms with Crippen molar-refractivity contribution in [1.29, 1.82) is 0 Å². The maximum absolute atomic E-state index is 15.2. The van der Waals surface area contributed by atoms with Crippen LogP contribution < -0.4 is 11.1 Å². The van der Waals surface area contributed by atoms with E-state index in [0.29, 0.717) is 69.8 Å². The first kappa shape index (κ1) is 44.3. The Labute approximate surface area is 386 Å². The molecule has 11 rings (SSSR count). The zero-order valence-corrected chi connectivity index (χ0v) is 39.3. The van der Waals surface area contributed by atoms with Gasteiger partial charge in [-0.15, -0.1) is 0 Å². The number of rotatable bonds is 8. The second-order valence-corrected chi connectivity index (χ2v) is 23.7. The summed E-state index contributed by atoms with van der Waals surface area (Å²) < 4.78 is 14.1. The number of ether oxygens (including phenoxy) is 2. The molecule has 1 aromatic carbocycles. The minimum Gasteiger partial charge on any atom is -0.396 e. The quantitative estimate of drug-likeness (QED) is 0.0918. The molecule has 3 aliphatic heterocycles. The molecule has 3 heterocycles. The summed E-state index contributed by atoms with van der Waals surface area (Å²) in [5, 5.41) is 53.0. The largest absolute Gasteiger partial charge is 0.396 e. The fraction of sp³-hybridized carbons (Fsp3) is 0.696. The third-order valence-electron chi connectivity index (χ3n) is 20.9. The predicted molar refractivity (Wildman–Crippen MR) is 249 cm³/mol. The number of aliphatic hydroxyl groups is 4. The van der Waals surface area contributed by atoms with Gasteiger partial charge in [-0.3, -0.25) is 4.79 Å². The van der Waals surface area contributed by atoms with Gasteiger partial charge in [0.2, 0.25) is 0 Å². The van der Waals surface area contributed by atoms with Crippen LogP contribution in [0.4, 0.5) is 0 Å². The molecule has 7 aliphatic carbocycles. The van der Waals surface area contributed by atoms with Crippen LogP contribution in [0.1, 0.15) is 122 Å². The van der Waals surface area contributed by atoms with Crippen LogP contribution in [0.5, 0.6) is 0 Å². The summed E-state index contributed by atoms with van der Waals surface area (Å²) in [6.07, 6.45) is 20.5. The number of aliphatic hydroxyl groups excluding tert-OH is 2.